The first-order valence-electron chi connectivity index (χ1n) is 11.2. The van der Waals surface area contributed by atoms with Crippen molar-refractivity contribution in [3.63, 3.8) is 0 Å². The van der Waals surface area contributed by atoms with Crippen LogP contribution in [0.15, 0.2) is 54.2 Å². The van der Waals surface area contributed by atoms with Crippen molar-refractivity contribution in [3.8, 4) is 5.75 Å². The van der Waals surface area contributed by atoms with Gasteiger partial charge in [0, 0.05) is 13.1 Å². The topological polar surface area (TPSA) is 49.9 Å². The molecule has 0 aromatic heterocycles. The van der Waals surface area contributed by atoms with Gasteiger partial charge >= 0.3 is 0 Å². The monoisotopic (exact) mass is 418 g/mol. The molecule has 1 saturated heterocycles. The SMILES string of the molecule is CCc1ccc(N2C(=O)C(c3ccc(OCC(C)C)cc3)=C(N3CCCC3)C2=O)cc1. The second kappa shape index (κ2) is 8.96. The van der Waals surface area contributed by atoms with Crippen molar-refractivity contribution in [1.29, 1.82) is 0 Å². The Balaban J connectivity index is 1.69. The Morgan fingerprint density at radius 2 is 1.55 bits per heavy atom. The molecule has 2 amide bonds. The van der Waals surface area contributed by atoms with Gasteiger partial charge < -0.3 is 9.64 Å². The molecule has 2 aromatic rings. The molecule has 2 aliphatic rings. The van der Waals surface area contributed by atoms with E-state index >= 15 is 0 Å². The molecule has 0 bridgehead atoms. The Morgan fingerprint density at radius 3 is 2.13 bits per heavy atom. The van der Waals surface area contributed by atoms with Crippen LogP contribution in [-0.4, -0.2) is 36.4 Å². The Bertz CT molecular complexity index is 984. The number of likely N-dealkylation sites (tertiary alicyclic amines) is 1. The number of carbonyl (C=O) groups excluding carboxylic acids is 2. The summed E-state index contributed by atoms with van der Waals surface area (Å²) in [7, 11) is 0. The molecule has 162 valence electrons. The highest BCUT2D eigenvalue weighted by Crippen LogP contribution is 2.36. The summed E-state index contributed by atoms with van der Waals surface area (Å²) in [6, 6.07) is 15.2. The fourth-order valence-electron chi connectivity index (χ4n) is 4.11. The molecule has 5 heteroatoms. The molecule has 0 radical (unpaired) electrons. The van der Waals surface area contributed by atoms with Crippen molar-refractivity contribution in [2.45, 2.75) is 40.0 Å². The van der Waals surface area contributed by atoms with E-state index in [0.29, 0.717) is 29.5 Å². The van der Waals surface area contributed by atoms with Gasteiger partial charge in [0.2, 0.25) is 0 Å². The van der Waals surface area contributed by atoms with Crippen LogP contribution in [-0.2, 0) is 16.0 Å². The molecule has 5 nitrogen and oxygen atoms in total. The third-order valence-electron chi connectivity index (χ3n) is 5.81. The largest absolute Gasteiger partial charge is 0.493 e. The summed E-state index contributed by atoms with van der Waals surface area (Å²) in [6.45, 7) is 8.53. The molecule has 2 aromatic carbocycles. The fourth-order valence-corrected chi connectivity index (χ4v) is 4.11. The van der Waals surface area contributed by atoms with Crippen LogP contribution >= 0.6 is 0 Å². The maximum absolute atomic E-state index is 13.5. The molecular weight excluding hydrogens is 388 g/mol. The molecule has 0 spiro atoms. The van der Waals surface area contributed by atoms with E-state index < -0.39 is 0 Å². The molecular formula is C26H30N2O3. The highest BCUT2D eigenvalue weighted by atomic mass is 16.5. The van der Waals surface area contributed by atoms with Crippen LogP contribution in [0.5, 0.6) is 5.75 Å². The van der Waals surface area contributed by atoms with Crippen LogP contribution < -0.4 is 9.64 Å². The van der Waals surface area contributed by atoms with Crippen LogP contribution in [0, 0.1) is 5.92 Å². The smallest absolute Gasteiger partial charge is 0.282 e. The van der Waals surface area contributed by atoms with Gasteiger partial charge in [0.15, 0.2) is 0 Å². The highest BCUT2D eigenvalue weighted by molar-refractivity contribution is 6.45. The Kier molecular flexibility index (Phi) is 6.12. The summed E-state index contributed by atoms with van der Waals surface area (Å²) < 4.78 is 5.78. The van der Waals surface area contributed by atoms with Crippen LogP contribution in [0.2, 0.25) is 0 Å². The Morgan fingerprint density at radius 1 is 0.903 bits per heavy atom. The normalized spacial score (nSPS) is 16.8. The van der Waals surface area contributed by atoms with Crippen molar-refractivity contribution in [3.05, 3.63) is 65.4 Å². The number of ether oxygens (including phenoxy) is 1. The number of anilines is 1. The summed E-state index contributed by atoms with van der Waals surface area (Å²) >= 11 is 0. The van der Waals surface area contributed by atoms with Gasteiger partial charge in [-0.25, -0.2) is 4.90 Å². The first kappa shape index (κ1) is 21.2. The minimum Gasteiger partial charge on any atom is -0.493 e. The second-order valence-electron chi connectivity index (χ2n) is 8.61. The lowest BCUT2D eigenvalue weighted by Gasteiger charge is -2.20. The van der Waals surface area contributed by atoms with E-state index in [4.69, 9.17) is 4.74 Å². The van der Waals surface area contributed by atoms with Crippen LogP contribution in [0.25, 0.3) is 5.57 Å². The zero-order valence-electron chi connectivity index (χ0n) is 18.6. The maximum atomic E-state index is 13.5. The minimum atomic E-state index is -0.257. The summed E-state index contributed by atoms with van der Waals surface area (Å²) in [5.74, 6) is 0.716. The van der Waals surface area contributed by atoms with E-state index in [2.05, 4.69) is 25.7 Å². The van der Waals surface area contributed by atoms with Crippen molar-refractivity contribution in [2.24, 2.45) is 5.92 Å². The number of nitrogens with zero attached hydrogens (tertiary/aromatic N) is 2. The third kappa shape index (κ3) is 4.22. The molecule has 0 aliphatic carbocycles. The molecule has 0 atom stereocenters. The van der Waals surface area contributed by atoms with Gasteiger partial charge in [-0.1, -0.05) is 45.0 Å². The predicted molar refractivity (Wildman–Crippen MR) is 123 cm³/mol. The van der Waals surface area contributed by atoms with Gasteiger partial charge in [-0.05, 0) is 60.6 Å². The van der Waals surface area contributed by atoms with E-state index in [1.54, 1.807) is 0 Å². The number of aryl methyl sites for hydroxylation is 1. The first-order valence-corrected chi connectivity index (χ1v) is 11.2. The van der Waals surface area contributed by atoms with Gasteiger partial charge in [0.25, 0.3) is 11.8 Å². The van der Waals surface area contributed by atoms with Gasteiger partial charge in [0.05, 0.1) is 17.9 Å². The predicted octanol–water partition coefficient (Wildman–Crippen LogP) is 4.66. The van der Waals surface area contributed by atoms with Crippen molar-refractivity contribution >= 4 is 23.1 Å². The molecule has 4 rings (SSSR count). The number of rotatable bonds is 7. The number of benzene rings is 2. The lowest BCUT2D eigenvalue weighted by molar-refractivity contribution is -0.120. The maximum Gasteiger partial charge on any atom is 0.282 e. The lowest BCUT2D eigenvalue weighted by Crippen LogP contribution is -2.34. The summed E-state index contributed by atoms with van der Waals surface area (Å²) in [5.41, 5.74) is 3.56. The lowest BCUT2D eigenvalue weighted by atomic mass is 10.0. The average molecular weight is 419 g/mol. The summed E-state index contributed by atoms with van der Waals surface area (Å²) in [4.78, 5) is 30.4. The number of hydrogen-bond acceptors (Lipinski definition) is 4. The quantitative estimate of drug-likeness (QED) is 0.614. The fraction of sp³-hybridized carbons (Fsp3) is 0.385. The molecule has 0 saturated carbocycles. The van der Waals surface area contributed by atoms with E-state index in [1.165, 1.54) is 10.5 Å². The van der Waals surface area contributed by atoms with Crippen LogP contribution in [0.1, 0.15) is 44.7 Å². The van der Waals surface area contributed by atoms with Crippen LogP contribution in [0.4, 0.5) is 5.69 Å². The second-order valence-corrected chi connectivity index (χ2v) is 8.61. The molecule has 0 N–H and O–H groups in total. The van der Waals surface area contributed by atoms with Crippen molar-refractivity contribution in [2.75, 3.05) is 24.6 Å². The summed E-state index contributed by atoms with van der Waals surface area (Å²) in [6.07, 6.45) is 2.98. The van der Waals surface area contributed by atoms with E-state index in [9.17, 15) is 9.59 Å². The van der Waals surface area contributed by atoms with Crippen molar-refractivity contribution < 1.29 is 14.3 Å². The zero-order chi connectivity index (χ0) is 22.0. The highest BCUT2D eigenvalue weighted by Gasteiger charge is 2.42. The van der Waals surface area contributed by atoms with Gasteiger partial charge in [-0.3, -0.25) is 9.59 Å². The Hall–Kier alpha value is -3.08. The first-order chi connectivity index (χ1) is 15.0. The number of hydrogen-bond donors (Lipinski definition) is 0. The van der Waals surface area contributed by atoms with Crippen LogP contribution in [0.3, 0.4) is 0 Å². The summed E-state index contributed by atoms with van der Waals surface area (Å²) in [5, 5.41) is 0. The van der Waals surface area contributed by atoms with Gasteiger partial charge in [-0.2, -0.15) is 0 Å². The third-order valence-corrected chi connectivity index (χ3v) is 5.81. The standard InChI is InChI=1S/C26H30N2O3/c1-4-19-7-11-21(12-8-19)28-25(29)23(24(26(28)30)27-15-5-6-16-27)20-9-13-22(14-10-20)31-17-18(2)3/h7-14,18H,4-6,15-17H2,1-3H3. The van der Waals surface area contributed by atoms with Gasteiger partial charge in [0.1, 0.15) is 11.4 Å². The minimum absolute atomic E-state index is 0.230. The molecule has 2 aliphatic heterocycles. The van der Waals surface area contributed by atoms with Crippen molar-refractivity contribution in [1.82, 2.24) is 4.90 Å². The van der Waals surface area contributed by atoms with Gasteiger partial charge in [-0.15, -0.1) is 0 Å². The molecule has 0 unspecified atom stereocenters. The van der Waals surface area contributed by atoms with E-state index in [0.717, 1.165) is 43.7 Å². The number of carbonyl (C=O) groups is 2. The molecule has 31 heavy (non-hydrogen) atoms. The number of amides is 2. The number of imide groups is 1. The van der Waals surface area contributed by atoms with E-state index in [-0.39, 0.29) is 11.8 Å². The molecule has 2 heterocycles. The zero-order valence-corrected chi connectivity index (χ0v) is 18.6. The average Bonchev–Trinajstić information content (AvgIpc) is 3.39. The molecule has 1 fully saturated rings. The van der Waals surface area contributed by atoms with E-state index in [1.807, 2.05) is 48.5 Å². The Labute approximate surface area is 184 Å².